The van der Waals surface area contributed by atoms with E-state index in [1.165, 1.54) is 17.7 Å². The van der Waals surface area contributed by atoms with Crippen LogP contribution in [0.1, 0.15) is 17.9 Å². The summed E-state index contributed by atoms with van der Waals surface area (Å²) in [4.78, 5) is 0. The Morgan fingerprint density at radius 3 is 2.67 bits per heavy atom. The summed E-state index contributed by atoms with van der Waals surface area (Å²) < 4.78 is 5.04. The second-order valence-electron chi connectivity index (χ2n) is 4.23. The number of nitrogens with one attached hydrogen (secondary N) is 1. The highest BCUT2D eigenvalue weighted by atomic mass is 35.5. The van der Waals surface area contributed by atoms with Gasteiger partial charge in [0.05, 0.1) is 6.61 Å². The van der Waals surface area contributed by atoms with Gasteiger partial charge in [-0.1, -0.05) is 23.7 Å². The third kappa shape index (κ3) is 6.10. The molecule has 0 heterocycles. The minimum absolute atomic E-state index is 0.548. The number of halogens is 1. The van der Waals surface area contributed by atoms with Crippen molar-refractivity contribution in [3.05, 3.63) is 34.9 Å². The molecular formula is C14H22ClNOS. The molecule has 0 saturated carbocycles. The van der Waals surface area contributed by atoms with E-state index in [-0.39, 0.29) is 0 Å². The summed E-state index contributed by atoms with van der Waals surface area (Å²) in [7, 11) is 1.73. The lowest BCUT2D eigenvalue weighted by molar-refractivity contribution is 0.199. The van der Waals surface area contributed by atoms with E-state index in [4.69, 9.17) is 16.3 Å². The molecule has 0 saturated heterocycles. The van der Waals surface area contributed by atoms with E-state index in [9.17, 15) is 0 Å². The molecule has 1 N–H and O–H groups in total. The van der Waals surface area contributed by atoms with E-state index in [1.54, 1.807) is 7.11 Å². The predicted octanol–water partition coefficient (Wildman–Crippen LogP) is 3.41. The zero-order valence-electron chi connectivity index (χ0n) is 11.1. The average molecular weight is 288 g/mol. The molecule has 1 unspecified atom stereocenters. The summed E-state index contributed by atoms with van der Waals surface area (Å²) in [5, 5.41) is 4.24. The summed E-state index contributed by atoms with van der Waals surface area (Å²) in [6.07, 6.45) is 3.33. The highest BCUT2D eigenvalue weighted by Gasteiger charge is 2.10. The second-order valence-corrected chi connectivity index (χ2v) is 5.65. The Morgan fingerprint density at radius 2 is 2.06 bits per heavy atom. The maximum atomic E-state index is 5.93. The lowest BCUT2D eigenvalue weighted by atomic mass is 9.96. The second kappa shape index (κ2) is 9.68. The normalized spacial score (nSPS) is 12.6. The topological polar surface area (TPSA) is 21.3 Å². The van der Waals surface area contributed by atoms with Gasteiger partial charge in [0.2, 0.25) is 0 Å². The van der Waals surface area contributed by atoms with Crippen molar-refractivity contribution in [3.8, 4) is 0 Å². The van der Waals surface area contributed by atoms with Crippen LogP contribution < -0.4 is 5.32 Å². The Labute approximate surface area is 119 Å². The Bertz CT molecular complexity index is 318. The Hall–Kier alpha value is -0.220. The summed E-state index contributed by atoms with van der Waals surface area (Å²) in [6.45, 7) is 2.65. The number of rotatable bonds is 9. The van der Waals surface area contributed by atoms with Gasteiger partial charge in [0.25, 0.3) is 0 Å². The van der Waals surface area contributed by atoms with Gasteiger partial charge in [0.15, 0.2) is 0 Å². The molecule has 1 atom stereocenters. The molecule has 102 valence electrons. The standard InChI is InChI=1S/C14H22ClNOS/c1-17-9-8-16-11-13(7-10-18-2)12-3-5-14(15)6-4-12/h3-6,13,16H,7-11H2,1-2H3. The van der Waals surface area contributed by atoms with Crippen LogP contribution in [-0.4, -0.2) is 38.8 Å². The van der Waals surface area contributed by atoms with Crippen LogP contribution in [-0.2, 0) is 4.74 Å². The molecule has 0 aliphatic rings. The maximum Gasteiger partial charge on any atom is 0.0587 e. The van der Waals surface area contributed by atoms with Crippen molar-refractivity contribution in [2.45, 2.75) is 12.3 Å². The lowest BCUT2D eigenvalue weighted by Gasteiger charge is -2.18. The Kier molecular flexibility index (Phi) is 8.51. The van der Waals surface area contributed by atoms with Gasteiger partial charge >= 0.3 is 0 Å². The van der Waals surface area contributed by atoms with E-state index >= 15 is 0 Å². The summed E-state index contributed by atoms with van der Waals surface area (Å²) in [6, 6.07) is 8.20. The Morgan fingerprint density at radius 1 is 1.33 bits per heavy atom. The molecule has 0 aliphatic heterocycles. The molecule has 18 heavy (non-hydrogen) atoms. The zero-order valence-corrected chi connectivity index (χ0v) is 12.7. The van der Waals surface area contributed by atoms with Crippen molar-refractivity contribution >= 4 is 23.4 Å². The molecule has 1 aromatic rings. The van der Waals surface area contributed by atoms with Crippen molar-refractivity contribution in [2.75, 3.05) is 38.8 Å². The van der Waals surface area contributed by atoms with Crippen LogP contribution in [0.2, 0.25) is 5.02 Å². The molecule has 1 aromatic carbocycles. The highest BCUT2D eigenvalue weighted by Crippen LogP contribution is 2.22. The largest absolute Gasteiger partial charge is 0.383 e. The fourth-order valence-electron chi connectivity index (χ4n) is 1.83. The zero-order chi connectivity index (χ0) is 13.2. The van der Waals surface area contributed by atoms with Crippen LogP contribution in [0.5, 0.6) is 0 Å². The maximum absolute atomic E-state index is 5.93. The van der Waals surface area contributed by atoms with E-state index < -0.39 is 0 Å². The van der Waals surface area contributed by atoms with Crippen LogP contribution in [0.25, 0.3) is 0 Å². The smallest absolute Gasteiger partial charge is 0.0587 e. The number of benzene rings is 1. The van der Waals surface area contributed by atoms with Crippen molar-refractivity contribution in [1.29, 1.82) is 0 Å². The van der Waals surface area contributed by atoms with E-state index in [0.29, 0.717) is 5.92 Å². The van der Waals surface area contributed by atoms with Crippen LogP contribution in [0.4, 0.5) is 0 Å². The van der Waals surface area contributed by atoms with Crippen LogP contribution in [0, 0.1) is 0 Å². The number of hydrogen-bond donors (Lipinski definition) is 1. The summed E-state index contributed by atoms with van der Waals surface area (Å²) in [5.41, 5.74) is 1.36. The number of methoxy groups -OCH3 is 1. The quantitative estimate of drug-likeness (QED) is 0.703. The summed E-state index contributed by atoms with van der Waals surface area (Å²) in [5.74, 6) is 1.73. The molecule has 0 spiro atoms. The lowest BCUT2D eigenvalue weighted by Crippen LogP contribution is -2.25. The number of hydrogen-bond acceptors (Lipinski definition) is 3. The minimum atomic E-state index is 0.548. The SMILES string of the molecule is COCCNCC(CCSC)c1ccc(Cl)cc1. The monoisotopic (exact) mass is 287 g/mol. The summed E-state index contributed by atoms with van der Waals surface area (Å²) >= 11 is 7.82. The number of ether oxygens (including phenoxy) is 1. The van der Waals surface area contributed by atoms with Crippen molar-refractivity contribution in [1.82, 2.24) is 5.32 Å². The Balaban J connectivity index is 2.51. The van der Waals surface area contributed by atoms with Gasteiger partial charge in [-0.3, -0.25) is 0 Å². The van der Waals surface area contributed by atoms with Gasteiger partial charge in [-0.25, -0.2) is 0 Å². The molecule has 0 aromatic heterocycles. The molecule has 1 rings (SSSR count). The van der Waals surface area contributed by atoms with Crippen molar-refractivity contribution in [2.24, 2.45) is 0 Å². The van der Waals surface area contributed by atoms with Crippen LogP contribution >= 0.6 is 23.4 Å². The minimum Gasteiger partial charge on any atom is -0.383 e. The first-order chi connectivity index (χ1) is 8.77. The molecular weight excluding hydrogens is 266 g/mol. The van der Waals surface area contributed by atoms with Gasteiger partial charge in [0, 0.05) is 25.2 Å². The molecule has 4 heteroatoms. The van der Waals surface area contributed by atoms with Crippen LogP contribution in [0.15, 0.2) is 24.3 Å². The van der Waals surface area contributed by atoms with Crippen molar-refractivity contribution < 1.29 is 4.74 Å². The van der Waals surface area contributed by atoms with E-state index in [0.717, 1.165) is 24.7 Å². The number of thioether (sulfide) groups is 1. The first-order valence-electron chi connectivity index (χ1n) is 6.22. The highest BCUT2D eigenvalue weighted by molar-refractivity contribution is 7.98. The fraction of sp³-hybridized carbons (Fsp3) is 0.571. The third-order valence-corrected chi connectivity index (χ3v) is 3.78. The van der Waals surface area contributed by atoms with Gasteiger partial charge in [-0.05, 0) is 42.0 Å². The molecule has 0 amide bonds. The molecule has 0 bridgehead atoms. The average Bonchev–Trinajstić information content (AvgIpc) is 2.39. The van der Waals surface area contributed by atoms with Gasteiger partial charge < -0.3 is 10.1 Å². The molecule has 0 radical (unpaired) electrons. The third-order valence-electron chi connectivity index (χ3n) is 2.89. The van der Waals surface area contributed by atoms with Gasteiger partial charge in [-0.15, -0.1) is 0 Å². The molecule has 0 aliphatic carbocycles. The molecule has 2 nitrogen and oxygen atoms in total. The molecule has 0 fully saturated rings. The predicted molar refractivity (Wildman–Crippen MR) is 81.9 cm³/mol. The first-order valence-corrected chi connectivity index (χ1v) is 7.99. The van der Waals surface area contributed by atoms with Crippen molar-refractivity contribution in [3.63, 3.8) is 0 Å². The van der Waals surface area contributed by atoms with Gasteiger partial charge in [0.1, 0.15) is 0 Å². The van der Waals surface area contributed by atoms with E-state index in [1.807, 2.05) is 23.9 Å². The van der Waals surface area contributed by atoms with Gasteiger partial charge in [-0.2, -0.15) is 11.8 Å². The van der Waals surface area contributed by atoms with E-state index in [2.05, 4.69) is 23.7 Å². The fourth-order valence-corrected chi connectivity index (χ4v) is 2.48. The van der Waals surface area contributed by atoms with Crippen LogP contribution in [0.3, 0.4) is 0 Å². The first kappa shape index (κ1) is 15.8.